The summed E-state index contributed by atoms with van der Waals surface area (Å²) in [6, 6.07) is 21.4. The molecular weight excluding hydrogens is 506 g/mol. The van der Waals surface area contributed by atoms with E-state index in [0.29, 0.717) is 37.7 Å². The van der Waals surface area contributed by atoms with Crippen molar-refractivity contribution in [1.82, 2.24) is 40.0 Å². The highest BCUT2D eigenvalue weighted by molar-refractivity contribution is 5.95. The molecule has 2 aromatic carbocycles. The number of anilines is 1. The molecule has 4 heterocycles. The number of hydrogen-bond acceptors (Lipinski definition) is 7. The van der Waals surface area contributed by atoms with Crippen molar-refractivity contribution in [3.63, 3.8) is 0 Å². The Labute approximate surface area is 230 Å². The summed E-state index contributed by atoms with van der Waals surface area (Å²) >= 11 is 0. The topological polar surface area (TPSA) is 125 Å². The van der Waals surface area contributed by atoms with E-state index in [1.165, 1.54) is 11.7 Å². The number of aromatic amines is 1. The van der Waals surface area contributed by atoms with Crippen molar-refractivity contribution in [3.05, 3.63) is 90.0 Å². The standard InChI is InChI=1S/C29H29N9O2/c1-19(39)31-23-9-8-21-16-24(32-25(21)18-23)22-10-11-30-26(17-22)29(40)38-14-12-37(13-15-38)27(20-6-4-3-5-7-20)28-33-35-36(2)34-28/h3-11,16-18,27,32H,12-15H2,1-2H3,(H,31,39). The number of rotatable bonds is 6. The number of piperazine rings is 1. The molecule has 11 nitrogen and oxygen atoms in total. The van der Waals surface area contributed by atoms with Gasteiger partial charge < -0.3 is 15.2 Å². The SMILES string of the molecule is CC(=O)Nc1ccc2cc(-c3ccnc(C(=O)N4CCN(C(c5ccccc5)c5nnn(C)n5)CC4)c3)[nH]c2c1. The molecule has 2 amide bonds. The highest BCUT2D eigenvalue weighted by Crippen LogP contribution is 2.29. The molecule has 0 bridgehead atoms. The van der Waals surface area contributed by atoms with Crippen LogP contribution in [0.2, 0.25) is 0 Å². The van der Waals surface area contributed by atoms with Crippen LogP contribution in [0.4, 0.5) is 5.69 Å². The number of pyridine rings is 1. The fourth-order valence-corrected chi connectivity index (χ4v) is 5.19. The number of nitrogens with one attached hydrogen (secondary N) is 2. The van der Waals surface area contributed by atoms with Gasteiger partial charge in [-0.05, 0) is 41.1 Å². The Morgan fingerprint density at radius 1 is 0.975 bits per heavy atom. The van der Waals surface area contributed by atoms with Crippen LogP contribution in [0.25, 0.3) is 22.2 Å². The van der Waals surface area contributed by atoms with Crippen LogP contribution < -0.4 is 5.32 Å². The lowest BCUT2D eigenvalue weighted by Crippen LogP contribution is -2.50. The fraction of sp³-hybridized carbons (Fsp3) is 0.241. The highest BCUT2D eigenvalue weighted by Gasteiger charge is 2.31. The van der Waals surface area contributed by atoms with E-state index < -0.39 is 0 Å². The number of nitrogens with zero attached hydrogens (tertiary/aromatic N) is 7. The summed E-state index contributed by atoms with van der Waals surface area (Å²) < 4.78 is 0. The number of hydrogen-bond donors (Lipinski definition) is 2. The second-order valence-corrected chi connectivity index (χ2v) is 9.87. The van der Waals surface area contributed by atoms with Gasteiger partial charge >= 0.3 is 0 Å². The van der Waals surface area contributed by atoms with Crippen LogP contribution in [0, 0.1) is 0 Å². The number of carbonyl (C=O) groups excluding carboxylic acids is 2. The lowest BCUT2D eigenvalue weighted by Gasteiger charge is -2.38. The van der Waals surface area contributed by atoms with Crippen LogP contribution in [0.3, 0.4) is 0 Å². The molecule has 5 aromatic rings. The highest BCUT2D eigenvalue weighted by atomic mass is 16.2. The van der Waals surface area contributed by atoms with Gasteiger partial charge in [0.15, 0.2) is 5.82 Å². The first-order chi connectivity index (χ1) is 19.4. The van der Waals surface area contributed by atoms with E-state index >= 15 is 0 Å². The van der Waals surface area contributed by atoms with E-state index in [2.05, 4.69) is 47.7 Å². The van der Waals surface area contributed by atoms with Gasteiger partial charge in [-0.15, -0.1) is 10.2 Å². The van der Waals surface area contributed by atoms with Crippen molar-refractivity contribution in [2.24, 2.45) is 7.05 Å². The molecule has 3 aromatic heterocycles. The molecule has 40 heavy (non-hydrogen) atoms. The zero-order valence-corrected chi connectivity index (χ0v) is 22.3. The Morgan fingerprint density at radius 2 is 1.77 bits per heavy atom. The summed E-state index contributed by atoms with van der Waals surface area (Å²) in [7, 11) is 1.76. The Morgan fingerprint density at radius 3 is 2.50 bits per heavy atom. The van der Waals surface area contributed by atoms with Crippen LogP contribution in [0.1, 0.15) is 34.8 Å². The van der Waals surface area contributed by atoms with Crippen molar-refractivity contribution in [2.45, 2.75) is 13.0 Å². The van der Waals surface area contributed by atoms with E-state index in [0.717, 1.165) is 33.4 Å². The monoisotopic (exact) mass is 535 g/mol. The van der Waals surface area contributed by atoms with Gasteiger partial charge in [-0.1, -0.05) is 36.4 Å². The zero-order valence-electron chi connectivity index (χ0n) is 22.3. The minimum absolute atomic E-state index is 0.0977. The molecule has 2 N–H and O–H groups in total. The Balaban J connectivity index is 1.18. The predicted molar refractivity (Wildman–Crippen MR) is 150 cm³/mol. The lowest BCUT2D eigenvalue weighted by molar-refractivity contribution is -0.114. The zero-order chi connectivity index (χ0) is 27.6. The number of tetrazole rings is 1. The summed E-state index contributed by atoms with van der Waals surface area (Å²) in [5.41, 5.74) is 4.85. The maximum atomic E-state index is 13.5. The normalized spacial score (nSPS) is 14.8. The summed E-state index contributed by atoms with van der Waals surface area (Å²) in [5.74, 6) is 0.426. The van der Waals surface area contributed by atoms with Gasteiger partial charge in [-0.3, -0.25) is 19.5 Å². The average molecular weight is 536 g/mol. The largest absolute Gasteiger partial charge is 0.354 e. The number of amides is 2. The van der Waals surface area contributed by atoms with Gasteiger partial charge in [0.05, 0.1) is 13.1 Å². The maximum absolute atomic E-state index is 13.5. The first kappa shape index (κ1) is 25.4. The Bertz CT molecular complexity index is 1670. The predicted octanol–water partition coefficient (Wildman–Crippen LogP) is 3.26. The first-order valence-corrected chi connectivity index (χ1v) is 13.1. The quantitative estimate of drug-likeness (QED) is 0.342. The Hall–Kier alpha value is -4.90. The summed E-state index contributed by atoms with van der Waals surface area (Å²) in [4.78, 5) is 38.3. The van der Waals surface area contributed by atoms with Gasteiger partial charge in [0.1, 0.15) is 5.69 Å². The Kier molecular flexibility index (Phi) is 6.79. The minimum atomic E-state index is -0.137. The molecule has 0 saturated carbocycles. The second-order valence-electron chi connectivity index (χ2n) is 9.87. The maximum Gasteiger partial charge on any atom is 0.272 e. The number of H-pyrrole nitrogens is 1. The van der Waals surface area contributed by atoms with E-state index in [1.807, 2.05) is 59.5 Å². The number of benzene rings is 2. The third-order valence-electron chi connectivity index (χ3n) is 7.08. The van der Waals surface area contributed by atoms with Crippen molar-refractivity contribution in [3.8, 4) is 11.3 Å². The van der Waals surface area contributed by atoms with Gasteiger partial charge in [-0.2, -0.15) is 4.80 Å². The van der Waals surface area contributed by atoms with Crippen molar-refractivity contribution in [2.75, 3.05) is 31.5 Å². The second kappa shape index (κ2) is 10.7. The first-order valence-electron chi connectivity index (χ1n) is 13.1. The van der Waals surface area contributed by atoms with Crippen LogP contribution in [-0.2, 0) is 11.8 Å². The molecule has 0 radical (unpaired) electrons. The summed E-state index contributed by atoms with van der Waals surface area (Å²) in [6.07, 6.45) is 1.66. The average Bonchev–Trinajstić information content (AvgIpc) is 3.59. The molecule has 202 valence electrons. The number of aryl methyl sites for hydroxylation is 1. The smallest absolute Gasteiger partial charge is 0.272 e. The van der Waals surface area contributed by atoms with Crippen molar-refractivity contribution < 1.29 is 9.59 Å². The molecule has 1 saturated heterocycles. The van der Waals surface area contributed by atoms with E-state index in [-0.39, 0.29) is 17.9 Å². The van der Waals surface area contributed by atoms with E-state index in [1.54, 1.807) is 13.2 Å². The third-order valence-corrected chi connectivity index (χ3v) is 7.08. The molecule has 1 aliphatic rings. The van der Waals surface area contributed by atoms with Gasteiger partial charge in [0, 0.05) is 67.1 Å². The molecule has 1 unspecified atom stereocenters. The van der Waals surface area contributed by atoms with Crippen molar-refractivity contribution in [1.29, 1.82) is 0 Å². The van der Waals surface area contributed by atoms with E-state index in [9.17, 15) is 9.59 Å². The van der Waals surface area contributed by atoms with E-state index in [4.69, 9.17) is 0 Å². The fourth-order valence-electron chi connectivity index (χ4n) is 5.19. The van der Waals surface area contributed by atoms with Crippen LogP contribution in [0.5, 0.6) is 0 Å². The van der Waals surface area contributed by atoms with Crippen molar-refractivity contribution >= 4 is 28.4 Å². The lowest BCUT2D eigenvalue weighted by atomic mass is 10.0. The number of aromatic nitrogens is 6. The summed E-state index contributed by atoms with van der Waals surface area (Å²) in [5, 5.41) is 16.6. The van der Waals surface area contributed by atoms with Crippen LogP contribution in [-0.4, -0.2) is 78.0 Å². The van der Waals surface area contributed by atoms with Gasteiger partial charge in [0.2, 0.25) is 5.91 Å². The number of fused-ring (bicyclic) bond motifs is 1. The summed E-state index contributed by atoms with van der Waals surface area (Å²) in [6.45, 7) is 3.94. The minimum Gasteiger partial charge on any atom is -0.354 e. The van der Waals surface area contributed by atoms with Crippen LogP contribution >= 0.6 is 0 Å². The molecule has 6 rings (SSSR count). The molecule has 1 fully saturated rings. The van der Waals surface area contributed by atoms with Gasteiger partial charge in [-0.25, -0.2) is 0 Å². The molecular formula is C29H29N9O2. The molecule has 1 aliphatic heterocycles. The molecule has 11 heteroatoms. The third kappa shape index (κ3) is 5.19. The molecule has 0 spiro atoms. The van der Waals surface area contributed by atoms with Gasteiger partial charge in [0.25, 0.3) is 5.91 Å². The molecule has 0 aliphatic carbocycles. The van der Waals surface area contributed by atoms with Crippen LogP contribution in [0.15, 0.2) is 72.9 Å². The number of carbonyl (C=O) groups is 2. The molecule has 1 atom stereocenters.